The van der Waals surface area contributed by atoms with E-state index in [1.807, 2.05) is 18.2 Å². The molecule has 0 aromatic heterocycles. The molecule has 1 aliphatic rings. The van der Waals surface area contributed by atoms with Gasteiger partial charge >= 0.3 is 0 Å². The van der Waals surface area contributed by atoms with Crippen LogP contribution in [-0.2, 0) is 6.54 Å². The standard InChI is InChI=1S/C17H19NO/c1-18-11-14-9-5-6-10-15(14)17(16(19)12-18)13-7-3-2-4-8-13/h2-10,16-17,19H,11-12H2,1H3/t16-,17+/m1/s1. The summed E-state index contributed by atoms with van der Waals surface area (Å²) in [5.74, 6) is 0.0716. The highest BCUT2D eigenvalue weighted by molar-refractivity contribution is 5.40. The predicted octanol–water partition coefficient (Wildman–Crippen LogP) is 2.62. The molecule has 0 fully saturated rings. The van der Waals surface area contributed by atoms with Gasteiger partial charge in [-0.05, 0) is 23.7 Å². The van der Waals surface area contributed by atoms with Crippen molar-refractivity contribution >= 4 is 0 Å². The Morgan fingerprint density at radius 3 is 2.47 bits per heavy atom. The summed E-state index contributed by atoms with van der Waals surface area (Å²) in [6, 6.07) is 18.8. The van der Waals surface area contributed by atoms with Crippen LogP contribution in [0.15, 0.2) is 54.6 Å². The van der Waals surface area contributed by atoms with Crippen molar-refractivity contribution in [3.05, 3.63) is 71.3 Å². The van der Waals surface area contributed by atoms with Gasteiger partial charge in [-0.2, -0.15) is 0 Å². The first kappa shape index (κ1) is 12.4. The molecule has 2 heteroatoms. The largest absolute Gasteiger partial charge is 0.391 e. The lowest BCUT2D eigenvalue weighted by Crippen LogP contribution is -2.30. The van der Waals surface area contributed by atoms with E-state index in [0.717, 1.165) is 6.54 Å². The Morgan fingerprint density at radius 2 is 1.68 bits per heavy atom. The van der Waals surface area contributed by atoms with Crippen molar-refractivity contribution in [1.82, 2.24) is 4.90 Å². The Kier molecular flexibility index (Phi) is 3.36. The fourth-order valence-corrected chi connectivity index (χ4v) is 3.03. The van der Waals surface area contributed by atoms with Crippen LogP contribution in [0.2, 0.25) is 0 Å². The lowest BCUT2D eigenvalue weighted by molar-refractivity contribution is 0.116. The van der Waals surface area contributed by atoms with E-state index < -0.39 is 0 Å². The summed E-state index contributed by atoms with van der Waals surface area (Å²) in [6.45, 7) is 1.60. The van der Waals surface area contributed by atoms with Crippen molar-refractivity contribution in [3.8, 4) is 0 Å². The lowest BCUT2D eigenvalue weighted by Gasteiger charge is -2.23. The molecule has 0 unspecified atom stereocenters. The van der Waals surface area contributed by atoms with E-state index >= 15 is 0 Å². The van der Waals surface area contributed by atoms with Crippen molar-refractivity contribution in [2.45, 2.75) is 18.6 Å². The first-order valence-electron chi connectivity index (χ1n) is 6.75. The molecule has 19 heavy (non-hydrogen) atoms. The van der Waals surface area contributed by atoms with Crippen LogP contribution in [0.3, 0.4) is 0 Å². The summed E-state index contributed by atoms with van der Waals surface area (Å²) in [5.41, 5.74) is 3.76. The first-order chi connectivity index (χ1) is 9.25. The Hall–Kier alpha value is -1.64. The Labute approximate surface area is 114 Å². The molecule has 2 aromatic carbocycles. The van der Waals surface area contributed by atoms with E-state index in [4.69, 9.17) is 0 Å². The van der Waals surface area contributed by atoms with Gasteiger partial charge in [0, 0.05) is 19.0 Å². The van der Waals surface area contributed by atoms with Crippen LogP contribution >= 0.6 is 0 Å². The van der Waals surface area contributed by atoms with Crippen molar-refractivity contribution < 1.29 is 5.11 Å². The second-order valence-electron chi connectivity index (χ2n) is 5.35. The van der Waals surface area contributed by atoms with Crippen LogP contribution in [0.4, 0.5) is 0 Å². The molecule has 2 aromatic rings. The van der Waals surface area contributed by atoms with E-state index in [1.165, 1.54) is 16.7 Å². The highest BCUT2D eigenvalue weighted by Gasteiger charge is 2.29. The monoisotopic (exact) mass is 253 g/mol. The van der Waals surface area contributed by atoms with Gasteiger partial charge in [-0.3, -0.25) is 4.90 Å². The first-order valence-corrected chi connectivity index (χ1v) is 6.75. The van der Waals surface area contributed by atoms with Crippen LogP contribution in [0.25, 0.3) is 0 Å². The van der Waals surface area contributed by atoms with Gasteiger partial charge in [-0.1, -0.05) is 54.6 Å². The number of fused-ring (bicyclic) bond motifs is 1. The van der Waals surface area contributed by atoms with Gasteiger partial charge in [0.05, 0.1) is 6.10 Å². The molecule has 1 N–H and O–H groups in total. The van der Waals surface area contributed by atoms with E-state index in [0.29, 0.717) is 6.54 Å². The van der Waals surface area contributed by atoms with Crippen LogP contribution < -0.4 is 0 Å². The Balaban J connectivity index is 2.11. The number of aliphatic hydroxyl groups excluding tert-OH is 1. The predicted molar refractivity (Wildman–Crippen MR) is 77.1 cm³/mol. The minimum absolute atomic E-state index is 0.0716. The maximum absolute atomic E-state index is 10.6. The van der Waals surface area contributed by atoms with Gasteiger partial charge in [0.25, 0.3) is 0 Å². The second-order valence-corrected chi connectivity index (χ2v) is 5.35. The smallest absolute Gasteiger partial charge is 0.0776 e. The summed E-state index contributed by atoms with van der Waals surface area (Å²) in [6.07, 6.45) is -0.365. The van der Waals surface area contributed by atoms with Crippen LogP contribution in [0, 0.1) is 0 Å². The van der Waals surface area contributed by atoms with Gasteiger partial charge in [0.15, 0.2) is 0 Å². The van der Waals surface area contributed by atoms with Gasteiger partial charge in [0.1, 0.15) is 0 Å². The summed E-state index contributed by atoms with van der Waals surface area (Å²) in [4.78, 5) is 2.19. The van der Waals surface area contributed by atoms with E-state index in [1.54, 1.807) is 0 Å². The van der Waals surface area contributed by atoms with E-state index in [2.05, 4.69) is 48.3 Å². The molecule has 3 rings (SSSR count). The van der Waals surface area contributed by atoms with E-state index in [-0.39, 0.29) is 12.0 Å². The third kappa shape index (κ3) is 2.42. The second kappa shape index (κ2) is 5.16. The zero-order chi connectivity index (χ0) is 13.2. The number of likely N-dealkylation sites (N-methyl/N-ethyl adjacent to an activating group) is 1. The molecule has 1 aliphatic heterocycles. The Morgan fingerprint density at radius 1 is 1.00 bits per heavy atom. The van der Waals surface area contributed by atoms with Gasteiger partial charge in [-0.25, -0.2) is 0 Å². The van der Waals surface area contributed by atoms with Crippen molar-refractivity contribution in [1.29, 1.82) is 0 Å². The summed E-state index contributed by atoms with van der Waals surface area (Å²) in [5, 5.41) is 10.6. The third-order valence-corrected chi connectivity index (χ3v) is 3.87. The molecular weight excluding hydrogens is 234 g/mol. The van der Waals surface area contributed by atoms with Crippen LogP contribution in [0.1, 0.15) is 22.6 Å². The molecule has 1 heterocycles. The molecule has 98 valence electrons. The minimum Gasteiger partial charge on any atom is -0.391 e. The highest BCUT2D eigenvalue weighted by atomic mass is 16.3. The summed E-state index contributed by atoms with van der Waals surface area (Å²) < 4.78 is 0. The van der Waals surface area contributed by atoms with Gasteiger partial charge in [0.2, 0.25) is 0 Å². The third-order valence-electron chi connectivity index (χ3n) is 3.87. The van der Waals surface area contributed by atoms with Gasteiger partial charge < -0.3 is 5.11 Å². The number of hydrogen-bond donors (Lipinski definition) is 1. The molecule has 0 radical (unpaired) electrons. The topological polar surface area (TPSA) is 23.5 Å². The number of benzene rings is 2. The SMILES string of the molecule is CN1Cc2ccccc2[C@H](c2ccccc2)[C@H](O)C1. The van der Waals surface area contributed by atoms with Crippen molar-refractivity contribution in [2.24, 2.45) is 0 Å². The quantitative estimate of drug-likeness (QED) is 0.844. The number of rotatable bonds is 1. The fourth-order valence-electron chi connectivity index (χ4n) is 3.03. The maximum Gasteiger partial charge on any atom is 0.0776 e. The average Bonchev–Trinajstić information content (AvgIpc) is 2.54. The maximum atomic E-state index is 10.6. The fraction of sp³-hybridized carbons (Fsp3) is 0.294. The molecule has 0 bridgehead atoms. The van der Waals surface area contributed by atoms with Crippen molar-refractivity contribution in [3.63, 3.8) is 0 Å². The average molecular weight is 253 g/mol. The number of β-amino-alcohol motifs (C(OH)–C–C–N with tert-alkyl or cyclic N) is 1. The zero-order valence-corrected chi connectivity index (χ0v) is 11.2. The molecule has 0 spiro atoms. The zero-order valence-electron chi connectivity index (χ0n) is 11.2. The molecule has 0 amide bonds. The van der Waals surface area contributed by atoms with Crippen LogP contribution in [-0.4, -0.2) is 29.7 Å². The molecule has 0 saturated carbocycles. The summed E-state index contributed by atoms with van der Waals surface area (Å²) in [7, 11) is 2.06. The minimum atomic E-state index is -0.365. The molecule has 2 atom stereocenters. The molecule has 0 saturated heterocycles. The Bertz CT molecular complexity index is 552. The number of aliphatic hydroxyl groups is 1. The van der Waals surface area contributed by atoms with E-state index in [9.17, 15) is 5.11 Å². The molecule has 2 nitrogen and oxygen atoms in total. The van der Waals surface area contributed by atoms with Crippen molar-refractivity contribution in [2.75, 3.05) is 13.6 Å². The van der Waals surface area contributed by atoms with Gasteiger partial charge in [-0.15, -0.1) is 0 Å². The van der Waals surface area contributed by atoms with Crippen LogP contribution in [0.5, 0.6) is 0 Å². The molecule has 0 aliphatic carbocycles. The molecular formula is C17H19NO. The number of nitrogens with zero attached hydrogens (tertiary/aromatic N) is 1. The normalized spacial score (nSPS) is 23.7. The highest BCUT2D eigenvalue weighted by Crippen LogP contribution is 2.33. The summed E-state index contributed by atoms with van der Waals surface area (Å²) >= 11 is 0. The lowest BCUT2D eigenvalue weighted by atomic mass is 9.85. The number of hydrogen-bond acceptors (Lipinski definition) is 2.